The maximum absolute atomic E-state index is 13.3. The molecule has 120 valence electrons. The second kappa shape index (κ2) is 6.69. The largest absolute Gasteiger partial charge is 0.374 e. The smallest absolute Gasteiger partial charge is 0.162 e. The minimum absolute atomic E-state index is 0.217. The number of benzene rings is 1. The lowest BCUT2D eigenvalue weighted by atomic mass is 10.1. The maximum atomic E-state index is 13.3. The van der Waals surface area contributed by atoms with E-state index in [0.717, 1.165) is 37.1 Å². The number of hydrogen-bond acceptors (Lipinski definition) is 5. The van der Waals surface area contributed by atoms with Gasteiger partial charge in [0.25, 0.3) is 0 Å². The molecule has 0 spiro atoms. The third kappa shape index (κ3) is 3.38. The third-order valence-corrected chi connectivity index (χ3v) is 5.05. The molecule has 1 N–H and O–H groups in total. The summed E-state index contributed by atoms with van der Waals surface area (Å²) in [7, 11) is 0. The van der Waals surface area contributed by atoms with E-state index in [-0.39, 0.29) is 5.15 Å². The standard InChI is InChI=1S/C15H13ClF2N4S/c16-14-11(6-19)15(23-21-14)20-7-9-3-4-22(8-9)10-1-2-12(17)13(18)5-10/h1-2,5,9,20H,3-4,7-8H2/t9-/m0/s1. The van der Waals surface area contributed by atoms with Crippen LogP contribution in [-0.4, -0.2) is 24.0 Å². The van der Waals surface area contributed by atoms with E-state index in [9.17, 15) is 8.78 Å². The molecule has 0 radical (unpaired) electrons. The molecule has 2 heterocycles. The van der Waals surface area contributed by atoms with E-state index < -0.39 is 11.6 Å². The van der Waals surface area contributed by atoms with Crippen LogP contribution in [0.2, 0.25) is 5.15 Å². The quantitative estimate of drug-likeness (QED) is 0.905. The predicted molar refractivity (Wildman–Crippen MR) is 87.0 cm³/mol. The van der Waals surface area contributed by atoms with E-state index in [1.807, 2.05) is 11.0 Å². The number of nitrogens with zero attached hydrogens (tertiary/aromatic N) is 3. The first-order chi connectivity index (χ1) is 11.1. The molecule has 0 unspecified atom stereocenters. The highest BCUT2D eigenvalue weighted by molar-refractivity contribution is 7.10. The van der Waals surface area contributed by atoms with Crippen molar-refractivity contribution in [1.82, 2.24) is 4.37 Å². The van der Waals surface area contributed by atoms with Crippen LogP contribution in [0.4, 0.5) is 19.5 Å². The summed E-state index contributed by atoms with van der Waals surface area (Å²) in [6.07, 6.45) is 0.931. The van der Waals surface area contributed by atoms with Crippen molar-refractivity contribution in [1.29, 1.82) is 5.26 Å². The zero-order valence-electron chi connectivity index (χ0n) is 12.0. The second-order valence-corrected chi connectivity index (χ2v) is 6.50. The molecule has 1 saturated heterocycles. The number of anilines is 2. The van der Waals surface area contributed by atoms with Gasteiger partial charge >= 0.3 is 0 Å². The zero-order chi connectivity index (χ0) is 16.4. The number of aromatic nitrogens is 1. The highest BCUT2D eigenvalue weighted by Crippen LogP contribution is 2.29. The van der Waals surface area contributed by atoms with Crippen LogP contribution in [0.15, 0.2) is 18.2 Å². The summed E-state index contributed by atoms with van der Waals surface area (Å²) in [5, 5.41) is 13.1. The Labute approximate surface area is 141 Å². The van der Waals surface area contributed by atoms with Crippen LogP contribution < -0.4 is 10.2 Å². The van der Waals surface area contributed by atoms with Gasteiger partial charge in [0, 0.05) is 31.4 Å². The van der Waals surface area contributed by atoms with Crippen LogP contribution in [0.3, 0.4) is 0 Å². The van der Waals surface area contributed by atoms with Crippen molar-refractivity contribution in [3.8, 4) is 6.07 Å². The molecule has 0 amide bonds. The fourth-order valence-electron chi connectivity index (χ4n) is 2.64. The minimum Gasteiger partial charge on any atom is -0.374 e. The molecular formula is C15H13ClF2N4S. The van der Waals surface area contributed by atoms with E-state index in [0.29, 0.717) is 28.7 Å². The first-order valence-electron chi connectivity index (χ1n) is 7.07. The van der Waals surface area contributed by atoms with Crippen LogP contribution in [0.25, 0.3) is 0 Å². The van der Waals surface area contributed by atoms with Gasteiger partial charge in [-0.25, -0.2) is 8.78 Å². The molecule has 0 saturated carbocycles. The summed E-state index contributed by atoms with van der Waals surface area (Å²) in [6, 6.07) is 5.99. The van der Waals surface area contributed by atoms with Gasteiger partial charge in [-0.05, 0) is 36.0 Å². The third-order valence-electron chi connectivity index (χ3n) is 3.87. The SMILES string of the molecule is N#Cc1c(Cl)nsc1NC[C@@H]1CCN(c2ccc(F)c(F)c2)C1. The van der Waals surface area contributed by atoms with E-state index in [1.165, 1.54) is 6.07 Å². The average Bonchev–Trinajstić information content (AvgIpc) is 3.14. The monoisotopic (exact) mass is 354 g/mol. The molecular weight excluding hydrogens is 342 g/mol. The fraction of sp³-hybridized carbons (Fsp3) is 0.333. The molecule has 1 aromatic heterocycles. The average molecular weight is 355 g/mol. The van der Waals surface area contributed by atoms with Gasteiger partial charge in [0.1, 0.15) is 16.6 Å². The van der Waals surface area contributed by atoms with Crippen molar-refractivity contribution in [3.05, 3.63) is 40.6 Å². The molecule has 1 aromatic carbocycles. The van der Waals surface area contributed by atoms with Gasteiger partial charge in [-0.1, -0.05) is 11.6 Å². The summed E-state index contributed by atoms with van der Waals surface area (Å²) >= 11 is 7.00. The van der Waals surface area contributed by atoms with Crippen LogP contribution in [-0.2, 0) is 0 Å². The molecule has 0 bridgehead atoms. The lowest BCUT2D eigenvalue weighted by Gasteiger charge is -2.19. The van der Waals surface area contributed by atoms with Gasteiger partial charge in [-0.3, -0.25) is 0 Å². The predicted octanol–water partition coefficient (Wildman–Crippen LogP) is 3.88. The van der Waals surface area contributed by atoms with Gasteiger partial charge in [0.2, 0.25) is 0 Å². The van der Waals surface area contributed by atoms with Gasteiger partial charge in [0.15, 0.2) is 16.8 Å². The zero-order valence-corrected chi connectivity index (χ0v) is 13.6. The van der Waals surface area contributed by atoms with E-state index >= 15 is 0 Å². The normalized spacial score (nSPS) is 17.3. The lowest BCUT2D eigenvalue weighted by molar-refractivity contribution is 0.508. The number of hydrogen-bond donors (Lipinski definition) is 1. The summed E-state index contributed by atoms with van der Waals surface area (Å²) in [6.45, 7) is 2.20. The fourth-order valence-corrected chi connectivity index (χ4v) is 3.58. The Morgan fingerprint density at radius 2 is 2.26 bits per heavy atom. The van der Waals surface area contributed by atoms with Crippen LogP contribution in [0, 0.1) is 28.9 Å². The summed E-state index contributed by atoms with van der Waals surface area (Å²) < 4.78 is 30.3. The van der Waals surface area contributed by atoms with Crippen molar-refractivity contribution in [2.45, 2.75) is 6.42 Å². The van der Waals surface area contributed by atoms with Crippen molar-refractivity contribution in [2.75, 3.05) is 29.9 Å². The first-order valence-corrected chi connectivity index (χ1v) is 8.22. The Kier molecular flexibility index (Phi) is 4.64. The Balaban J connectivity index is 1.59. The Morgan fingerprint density at radius 3 is 3.00 bits per heavy atom. The highest BCUT2D eigenvalue weighted by Gasteiger charge is 2.24. The number of halogens is 3. The minimum atomic E-state index is -0.836. The molecule has 23 heavy (non-hydrogen) atoms. The maximum Gasteiger partial charge on any atom is 0.162 e. The van der Waals surface area contributed by atoms with Crippen molar-refractivity contribution < 1.29 is 8.78 Å². The Bertz CT molecular complexity index is 758. The summed E-state index contributed by atoms with van der Waals surface area (Å²) in [4.78, 5) is 2.03. The molecule has 4 nitrogen and oxygen atoms in total. The topological polar surface area (TPSA) is 52.0 Å². The number of rotatable bonds is 4. The summed E-state index contributed by atoms with van der Waals surface area (Å²) in [5.74, 6) is -1.32. The lowest BCUT2D eigenvalue weighted by Crippen LogP contribution is -2.22. The molecule has 1 atom stereocenters. The van der Waals surface area contributed by atoms with Crippen molar-refractivity contribution in [3.63, 3.8) is 0 Å². The number of nitriles is 1. The second-order valence-electron chi connectivity index (χ2n) is 5.37. The molecule has 8 heteroatoms. The molecule has 1 aliphatic rings. The molecule has 2 aromatic rings. The van der Waals surface area contributed by atoms with Crippen LogP contribution >= 0.6 is 23.1 Å². The van der Waals surface area contributed by atoms with E-state index in [4.69, 9.17) is 16.9 Å². The molecule has 1 fully saturated rings. The Morgan fingerprint density at radius 1 is 1.43 bits per heavy atom. The van der Waals surface area contributed by atoms with Gasteiger partial charge < -0.3 is 10.2 Å². The van der Waals surface area contributed by atoms with E-state index in [2.05, 4.69) is 9.69 Å². The highest BCUT2D eigenvalue weighted by atomic mass is 35.5. The van der Waals surface area contributed by atoms with Crippen molar-refractivity contribution >= 4 is 33.8 Å². The summed E-state index contributed by atoms with van der Waals surface area (Å²) in [5.41, 5.74) is 1.05. The van der Waals surface area contributed by atoms with Crippen LogP contribution in [0.1, 0.15) is 12.0 Å². The molecule has 1 aliphatic heterocycles. The van der Waals surface area contributed by atoms with Gasteiger partial charge in [-0.15, -0.1) is 0 Å². The van der Waals surface area contributed by atoms with Crippen molar-refractivity contribution in [2.24, 2.45) is 5.92 Å². The molecule has 0 aliphatic carbocycles. The van der Waals surface area contributed by atoms with Crippen LogP contribution in [0.5, 0.6) is 0 Å². The number of nitrogens with one attached hydrogen (secondary N) is 1. The molecule has 3 rings (SSSR count). The van der Waals surface area contributed by atoms with E-state index in [1.54, 1.807) is 6.07 Å². The van der Waals surface area contributed by atoms with Gasteiger partial charge in [-0.2, -0.15) is 9.64 Å². The Hall–Kier alpha value is -1.91. The van der Waals surface area contributed by atoms with Gasteiger partial charge in [0.05, 0.1) is 0 Å². The first kappa shape index (κ1) is 16.0.